The Morgan fingerprint density at radius 3 is 2.49 bits per heavy atom. The predicted octanol–water partition coefficient (Wildman–Crippen LogP) is 6.35. The minimum absolute atomic E-state index is 0.104. The molecule has 1 atom stereocenters. The summed E-state index contributed by atoms with van der Waals surface area (Å²) in [4.78, 5) is 27.1. The molecule has 9 nitrogen and oxygen atoms in total. The van der Waals surface area contributed by atoms with E-state index in [1.807, 2.05) is 78.4 Å². The molecule has 0 spiro atoms. The van der Waals surface area contributed by atoms with Crippen molar-refractivity contribution < 1.29 is 14.3 Å². The molecule has 1 unspecified atom stereocenters. The van der Waals surface area contributed by atoms with Crippen molar-refractivity contribution >= 4 is 40.6 Å². The second-order valence-electron chi connectivity index (χ2n) is 10.7. The van der Waals surface area contributed by atoms with E-state index in [0.717, 1.165) is 39.4 Å². The first-order chi connectivity index (χ1) is 21.9. The molecule has 0 saturated carbocycles. The number of methoxy groups -OCH3 is 1. The number of carbonyl (C=O) groups is 2. The van der Waals surface area contributed by atoms with E-state index in [-0.39, 0.29) is 30.2 Å². The molecule has 6 rings (SSSR count). The number of hydrazone groups is 1. The molecule has 2 aromatic heterocycles. The average molecular weight is 637 g/mol. The van der Waals surface area contributed by atoms with E-state index in [4.69, 9.17) is 9.84 Å². The summed E-state index contributed by atoms with van der Waals surface area (Å²) in [7, 11) is 1.64. The van der Waals surface area contributed by atoms with Gasteiger partial charge in [0.05, 0.1) is 36.0 Å². The van der Waals surface area contributed by atoms with E-state index in [2.05, 4.69) is 39.8 Å². The molecule has 11 heteroatoms. The molecular formula is C34H32N6O3S2. The number of ether oxygens (including phenoxy) is 1. The Morgan fingerprint density at radius 1 is 0.978 bits per heavy atom. The zero-order valence-corrected chi connectivity index (χ0v) is 26.8. The number of thioether (sulfide) groups is 1. The normalized spacial score (nSPS) is 14.3. The molecule has 2 amide bonds. The van der Waals surface area contributed by atoms with Gasteiger partial charge in [-0.3, -0.25) is 14.2 Å². The maximum Gasteiger partial charge on any atom is 0.261 e. The first-order valence-corrected chi connectivity index (χ1v) is 16.3. The molecule has 0 radical (unpaired) electrons. The van der Waals surface area contributed by atoms with E-state index in [1.54, 1.807) is 18.2 Å². The van der Waals surface area contributed by atoms with Crippen molar-refractivity contribution in [3.05, 3.63) is 123 Å². The first kappa shape index (κ1) is 30.3. The van der Waals surface area contributed by atoms with Gasteiger partial charge in [-0.2, -0.15) is 5.10 Å². The van der Waals surface area contributed by atoms with Gasteiger partial charge in [0.25, 0.3) is 11.8 Å². The molecular weight excluding hydrogens is 605 g/mol. The molecule has 0 aliphatic carbocycles. The van der Waals surface area contributed by atoms with Crippen molar-refractivity contribution in [2.45, 2.75) is 38.0 Å². The Bertz CT molecular complexity index is 1830. The fourth-order valence-corrected chi connectivity index (χ4v) is 6.59. The van der Waals surface area contributed by atoms with E-state index in [9.17, 15) is 9.59 Å². The number of aryl methyl sites for hydroxylation is 2. The van der Waals surface area contributed by atoms with Crippen LogP contribution in [0.2, 0.25) is 0 Å². The minimum atomic E-state index is -0.228. The Labute approximate surface area is 270 Å². The summed E-state index contributed by atoms with van der Waals surface area (Å²) in [6.45, 7) is 4.24. The van der Waals surface area contributed by atoms with Gasteiger partial charge in [-0.15, -0.1) is 21.5 Å². The van der Waals surface area contributed by atoms with Gasteiger partial charge in [0.15, 0.2) is 11.0 Å². The number of nitrogens with one attached hydrogen (secondary N) is 1. The maximum absolute atomic E-state index is 13.9. The topological polar surface area (TPSA) is 102 Å². The quantitative estimate of drug-likeness (QED) is 0.179. The molecule has 1 aliphatic heterocycles. The summed E-state index contributed by atoms with van der Waals surface area (Å²) >= 11 is 2.68. The third-order valence-electron chi connectivity index (χ3n) is 7.49. The Balaban J connectivity index is 1.25. The number of amides is 2. The van der Waals surface area contributed by atoms with Crippen LogP contribution in [0.4, 0.5) is 0 Å². The monoisotopic (exact) mass is 636 g/mol. The molecule has 3 aromatic carbocycles. The molecule has 0 bridgehead atoms. The molecule has 228 valence electrons. The lowest BCUT2D eigenvalue weighted by Gasteiger charge is -2.22. The molecule has 5 aromatic rings. The highest BCUT2D eigenvalue weighted by Gasteiger charge is 2.33. The fourth-order valence-electron chi connectivity index (χ4n) is 5.13. The van der Waals surface area contributed by atoms with Crippen molar-refractivity contribution in [3.63, 3.8) is 0 Å². The molecule has 45 heavy (non-hydrogen) atoms. The summed E-state index contributed by atoms with van der Waals surface area (Å²) in [6, 6.07) is 27.3. The Kier molecular flexibility index (Phi) is 9.08. The van der Waals surface area contributed by atoms with Crippen molar-refractivity contribution in [2.75, 3.05) is 12.9 Å². The van der Waals surface area contributed by atoms with E-state index in [0.29, 0.717) is 22.3 Å². The predicted molar refractivity (Wildman–Crippen MR) is 177 cm³/mol. The average Bonchev–Trinajstić information content (AvgIpc) is 3.83. The molecule has 3 heterocycles. The van der Waals surface area contributed by atoms with Crippen LogP contribution in [0.3, 0.4) is 0 Å². The third-order valence-corrected chi connectivity index (χ3v) is 9.27. The molecule has 1 aliphatic rings. The smallest absolute Gasteiger partial charge is 0.261 e. The van der Waals surface area contributed by atoms with Crippen LogP contribution in [0.1, 0.15) is 50.2 Å². The number of thiophene rings is 1. The first-order valence-electron chi connectivity index (χ1n) is 14.5. The van der Waals surface area contributed by atoms with E-state index in [1.165, 1.54) is 23.1 Å². The zero-order chi connectivity index (χ0) is 31.3. The van der Waals surface area contributed by atoms with Crippen LogP contribution in [-0.2, 0) is 11.3 Å². The molecule has 1 N–H and O–H groups in total. The van der Waals surface area contributed by atoms with Gasteiger partial charge in [-0.25, -0.2) is 5.01 Å². The number of rotatable bonds is 10. The summed E-state index contributed by atoms with van der Waals surface area (Å²) in [6.07, 6.45) is 0.597. The number of aromatic nitrogens is 3. The van der Waals surface area contributed by atoms with E-state index >= 15 is 0 Å². The highest BCUT2D eigenvalue weighted by molar-refractivity contribution is 7.99. The standard InChI is InChI=1S/C34H32N6O3S2/c1-22-9-11-25(12-10-22)29-19-28(24-13-15-27(43-3)16-14-24)38-40(29)32(41)21-45-34-37-36-31(20-35-33(42)30-8-5-17-44-30)39(34)26-7-4-6-23(2)18-26/h4-18,29H,19-21H2,1-3H3,(H,35,42). The number of benzene rings is 3. The van der Waals surface area contributed by atoms with Crippen LogP contribution in [-0.4, -0.2) is 50.2 Å². The van der Waals surface area contributed by atoms with Gasteiger partial charge >= 0.3 is 0 Å². The lowest BCUT2D eigenvalue weighted by atomic mass is 9.97. The number of hydrogen-bond donors (Lipinski definition) is 1. The molecule has 0 fully saturated rings. The lowest BCUT2D eigenvalue weighted by molar-refractivity contribution is -0.130. The maximum atomic E-state index is 13.9. The van der Waals surface area contributed by atoms with Gasteiger partial charge in [-0.05, 0) is 78.4 Å². The Hall–Kier alpha value is -4.74. The fraction of sp³-hybridized carbons (Fsp3) is 0.206. The lowest BCUT2D eigenvalue weighted by Crippen LogP contribution is -2.28. The summed E-state index contributed by atoms with van der Waals surface area (Å²) < 4.78 is 7.22. The third kappa shape index (κ3) is 6.84. The van der Waals surface area contributed by atoms with Crippen LogP contribution in [0.5, 0.6) is 5.75 Å². The van der Waals surface area contributed by atoms with Crippen LogP contribution in [0.25, 0.3) is 5.69 Å². The van der Waals surface area contributed by atoms with Crippen LogP contribution >= 0.6 is 23.1 Å². The summed E-state index contributed by atoms with van der Waals surface area (Å²) in [5.41, 5.74) is 5.89. The van der Waals surface area contributed by atoms with Crippen LogP contribution in [0.15, 0.2) is 101 Å². The van der Waals surface area contributed by atoms with Gasteiger partial charge < -0.3 is 10.1 Å². The molecule has 0 saturated heterocycles. The minimum Gasteiger partial charge on any atom is -0.497 e. The van der Waals surface area contributed by atoms with Gasteiger partial charge in [0.1, 0.15) is 5.75 Å². The zero-order valence-electron chi connectivity index (χ0n) is 25.1. The highest BCUT2D eigenvalue weighted by Crippen LogP contribution is 2.34. The van der Waals surface area contributed by atoms with Crippen molar-refractivity contribution in [3.8, 4) is 11.4 Å². The summed E-state index contributed by atoms with van der Waals surface area (Å²) in [5, 5.41) is 20.6. The van der Waals surface area contributed by atoms with E-state index < -0.39 is 0 Å². The largest absolute Gasteiger partial charge is 0.497 e. The Morgan fingerprint density at radius 2 is 1.78 bits per heavy atom. The van der Waals surface area contributed by atoms with Gasteiger partial charge in [-0.1, -0.05) is 59.8 Å². The van der Waals surface area contributed by atoms with Gasteiger partial charge in [0, 0.05) is 12.1 Å². The van der Waals surface area contributed by atoms with Crippen molar-refractivity contribution in [1.29, 1.82) is 0 Å². The highest BCUT2D eigenvalue weighted by atomic mass is 32.2. The second-order valence-corrected chi connectivity index (χ2v) is 12.6. The van der Waals surface area contributed by atoms with Gasteiger partial charge in [0.2, 0.25) is 0 Å². The summed E-state index contributed by atoms with van der Waals surface area (Å²) in [5.74, 6) is 1.13. The SMILES string of the molecule is COc1ccc(C2=NN(C(=O)CSc3nnc(CNC(=O)c4cccs4)n3-c3cccc(C)c3)C(c3ccc(C)cc3)C2)cc1. The van der Waals surface area contributed by atoms with Crippen molar-refractivity contribution in [1.82, 2.24) is 25.1 Å². The number of nitrogens with zero attached hydrogens (tertiary/aromatic N) is 5. The second kappa shape index (κ2) is 13.5. The van der Waals surface area contributed by atoms with Crippen LogP contribution in [0, 0.1) is 13.8 Å². The van der Waals surface area contributed by atoms with Crippen molar-refractivity contribution in [2.24, 2.45) is 5.10 Å². The number of carbonyl (C=O) groups excluding carboxylic acids is 2. The van der Waals surface area contributed by atoms with Crippen LogP contribution < -0.4 is 10.1 Å². The number of hydrogen-bond acceptors (Lipinski definition) is 8.